The van der Waals surface area contributed by atoms with Gasteiger partial charge in [0.2, 0.25) is 0 Å². The van der Waals surface area contributed by atoms with Crippen molar-refractivity contribution in [3.05, 3.63) is 35.5 Å². The maximum absolute atomic E-state index is 11.6. The number of benzene rings is 1. The molecule has 0 spiro atoms. The summed E-state index contributed by atoms with van der Waals surface area (Å²) in [5.41, 5.74) is 2.24. The minimum absolute atomic E-state index is 0.238. The van der Waals surface area contributed by atoms with E-state index in [9.17, 15) is 9.59 Å². The van der Waals surface area contributed by atoms with E-state index in [0.717, 1.165) is 22.9 Å². The molecule has 0 fully saturated rings. The molecule has 4 heteroatoms. The van der Waals surface area contributed by atoms with E-state index in [-0.39, 0.29) is 11.8 Å². The molecular weight excluding hydrogens is 242 g/mol. The van der Waals surface area contributed by atoms with Crippen LogP contribution in [0.1, 0.15) is 35.8 Å². The first kappa shape index (κ1) is 13.3. The second-order valence-corrected chi connectivity index (χ2v) is 4.56. The van der Waals surface area contributed by atoms with Crippen molar-refractivity contribution in [2.24, 2.45) is 0 Å². The number of rotatable bonds is 5. The van der Waals surface area contributed by atoms with E-state index >= 15 is 0 Å². The number of hydrogen-bond acceptors (Lipinski definition) is 3. The van der Waals surface area contributed by atoms with E-state index in [1.54, 1.807) is 6.07 Å². The van der Waals surface area contributed by atoms with Crippen LogP contribution >= 0.6 is 0 Å². The fourth-order valence-electron chi connectivity index (χ4n) is 2.10. The van der Waals surface area contributed by atoms with Crippen LogP contribution in [-0.2, 0) is 16.0 Å². The Labute approximate surface area is 111 Å². The number of H-pyrrole nitrogens is 1. The van der Waals surface area contributed by atoms with Crippen LogP contribution in [-0.4, -0.2) is 23.8 Å². The fraction of sp³-hybridized carbons (Fsp3) is 0.333. The Bertz CT molecular complexity index is 613. The minimum Gasteiger partial charge on any atom is -0.464 e. The maximum Gasteiger partial charge on any atom is 0.354 e. The number of fused-ring (bicyclic) bond motifs is 1. The lowest BCUT2D eigenvalue weighted by molar-refractivity contribution is -0.118. The number of esters is 1. The second-order valence-electron chi connectivity index (χ2n) is 4.56. The second kappa shape index (κ2) is 5.69. The van der Waals surface area contributed by atoms with Gasteiger partial charge in [0.15, 0.2) is 0 Å². The number of ketones is 1. The van der Waals surface area contributed by atoms with Crippen molar-refractivity contribution in [3.63, 3.8) is 0 Å². The zero-order chi connectivity index (χ0) is 13.8. The van der Waals surface area contributed by atoms with Gasteiger partial charge in [-0.2, -0.15) is 0 Å². The number of Topliss-reactive ketones (excluding diaryl/α,β-unsaturated/α-hetero) is 1. The Hall–Kier alpha value is -2.10. The van der Waals surface area contributed by atoms with E-state index in [0.29, 0.717) is 18.5 Å². The molecule has 1 N–H and O–H groups in total. The maximum atomic E-state index is 11.6. The van der Waals surface area contributed by atoms with Crippen molar-refractivity contribution in [3.8, 4) is 0 Å². The largest absolute Gasteiger partial charge is 0.464 e. The van der Waals surface area contributed by atoms with Gasteiger partial charge in [0.1, 0.15) is 11.5 Å². The van der Waals surface area contributed by atoms with E-state index in [1.165, 1.54) is 7.11 Å². The zero-order valence-electron chi connectivity index (χ0n) is 11.2. The number of carbonyl (C=O) groups excluding carboxylic acids is 2. The predicted molar refractivity (Wildman–Crippen MR) is 73.3 cm³/mol. The number of nitrogens with one attached hydrogen (secondary N) is 1. The monoisotopic (exact) mass is 259 g/mol. The topological polar surface area (TPSA) is 59.2 Å². The molecule has 0 radical (unpaired) electrons. The molecule has 1 aromatic heterocycles. The first-order chi connectivity index (χ1) is 9.13. The summed E-state index contributed by atoms with van der Waals surface area (Å²) in [7, 11) is 1.35. The van der Waals surface area contributed by atoms with Crippen molar-refractivity contribution in [1.29, 1.82) is 0 Å². The molecule has 2 rings (SSSR count). The molecule has 100 valence electrons. The molecule has 4 nitrogen and oxygen atoms in total. The van der Waals surface area contributed by atoms with Gasteiger partial charge in [0, 0.05) is 23.7 Å². The van der Waals surface area contributed by atoms with Crippen molar-refractivity contribution >= 4 is 22.7 Å². The molecule has 2 aromatic rings. The number of methoxy groups -OCH3 is 1. The Kier molecular flexibility index (Phi) is 4.00. The molecule has 0 unspecified atom stereocenters. The molecule has 0 aliphatic carbocycles. The van der Waals surface area contributed by atoms with Gasteiger partial charge in [-0.15, -0.1) is 0 Å². The molecule has 0 atom stereocenters. The van der Waals surface area contributed by atoms with Gasteiger partial charge in [0.05, 0.1) is 7.11 Å². The number of aromatic amines is 1. The standard InChI is InChI=1S/C15H17NO3/c1-3-4-12(17)7-10-5-6-11-9-14(15(18)19-2)16-13(11)8-10/h5-6,8-9,16H,3-4,7H2,1-2H3. The van der Waals surface area contributed by atoms with E-state index < -0.39 is 0 Å². The summed E-state index contributed by atoms with van der Waals surface area (Å²) >= 11 is 0. The van der Waals surface area contributed by atoms with Crippen molar-refractivity contribution in [2.75, 3.05) is 7.11 Å². The highest BCUT2D eigenvalue weighted by molar-refractivity contribution is 5.95. The molecule has 0 aliphatic heterocycles. The number of aromatic nitrogens is 1. The lowest BCUT2D eigenvalue weighted by atomic mass is 10.0. The molecule has 0 saturated carbocycles. The van der Waals surface area contributed by atoms with Crippen LogP contribution in [0.25, 0.3) is 10.9 Å². The minimum atomic E-state index is -0.389. The highest BCUT2D eigenvalue weighted by atomic mass is 16.5. The number of carbonyl (C=O) groups is 2. The third-order valence-corrected chi connectivity index (χ3v) is 3.02. The van der Waals surface area contributed by atoms with Gasteiger partial charge in [0.25, 0.3) is 0 Å². The Balaban J connectivity index is 2.25. The molecule has 0 aliphatic rings. The van der Waals surface area contributed by atoms with Crippen LogP contribution in [0.5, 0.6) is 0 Å². The molecule has 0 saturated heterocycles. The molecule has 0 amide bonds. The van der Waals surface area contributed by atoms with Gasteiger partial charge >= 0.3 is 5.97 Å². The number of hydrogen-bond donors (Lipinski definition) is 1. The van der Waals surface area contributed by atoms with Crippen LogP contribution in [0.15, 0.2) is 24.3 Å². The van der Waals surface area contributed by atoms with Crippen molar-refractivity contribution < 1.29 is 14.3 Å². The highest BCUT2D eigenvalue weighted by Gasteiger charge is 2.10. The first-order valence-corrected chi connectivity index (χ1v) is 6.35. The Morgan fingerprint density at radius 3 is 2.74 bits per heavy atom. The van der Waals surface area contributed by atoms with Crippen LogP contribution in [0.3, 0.4) is 0 Å². The Morgan fingerprint density at radius 2 is 2.05 bits per heavy atom. The summed E-state index contributed by atoms with van der Waals surface area (Å²) in [6.07, 6.45) is 1.92. The quantitative estimate of drug-likeness (QED) is 0.840. The third-order valence-electron chi connectivity index (χ3n) is 3.02. The van der Waals surface area contributed by atoms with Crippen LogP contribution in [0.2, 0.25) is 0 Å². The SMILES string of the molecule is CCCC(=O)Cc1ccc2cc(C(=O)OC)[nH]c2c1. The average Bonchev–Trinajstić information content (AvgIpc) is 2.81. The van der Waals surface area contributed by atoms with Gasteiger partial charge in [-0.1, -0.05) is 19.1 Å². The Morgan fingerprint density at radius 1 is 1.26 bits per heavy atom. The van der Waals surface area contributed by atoms with Crippen molar-refractivity contribution in [1.82, 2.24) is 4.98 Å². The normalized spacial score (nSPS) is 10.6. The summed E-state index contributed by atoms with van der Waals surface area (Å²) in [5, 5.41) is 0.937. The summed E-state index contributed by atoms with van der Waals surface area (Å²) in [5.74, 6) is -0.151. The molecular formula is C15H17NO3. The van der Waals surface area contributed by atoms with Gasteiger partial charge in [-0.05, 0) is 24.1 Å². The van der Waals surface area contributed by atoms with E-state index in [4.69, 9.17) is 0 Å². The van der Waals surface area contributed by atoms with Gasteiger partial charge in [-0.3, -0.25) is 4.79 Å². The third kappa shape index (κ3) is 3.02. The molecule has 19 heavy (non-hydrogen) atoms. The van der Waals surface area contributed by atoms with Crippen LogP contribution in [0.4, 0.5) is 0 Å². The highest BCUT2D eigenvalue weighted by Crippen LogP contribution is 2.18. The lowest BCUT2D eigenvalue weighted by Crippen LogP contribution is -2.01. The summed E-state index contributed by atoms with van der Waals surface area (Å²) in [6.45, 7) is 1.99. The average molecular weight is 259 g/mol. The fourth-order valence-corrected chi connectivity index (χ4v) is 2.10. The van der Waals surface area contributed by atoms with Gasteiger partial charge < -0.3 is 9.72 Å². The van der Waals surface area contributed by atoms with Crippen molar-refractivity contribution in [2.45, 2.75) is 26.2 Å². The summed E-state index contributed by atoms with van der Waals surface area (Å²) in [6, 6.07) is 7.49. The molecule has 0 bridgehead atoms. The van der Waals surface area contributed by atoms with Crippen LogP contribution in [0, 0.1) is 0 Å². The van der Waals surface area contributed by atoms with E-state index in [2.05, 4.69) is 9.72 Å². The number of ether oxygens (including phenoxy) is 1. The summed E-state index contributed by atoms with van der Waals surface area (Å²) < 4.78 is 4.67. The van der Waals surface area contributed by atoms with Crippen LogP contribution < -0.4 is 0 Å². The van der Waals surface area contributed by atoms with Gasteiger partial charge in [-0.25, -0.2) is 4.79 Å². The molecule has 1 heterocycles. The summed E-state index contributed by atoms with van der Waals surface area (Å²) in [4.78, 5) is 26.1. The lowest BCUT2D eigenvalue weighted by Gasteiger charge is -2.00. The van der Waals surface area contributed by atoms with E-state index in [1.807, 2.05) is 25.1 Å². The zero-order valence-corrected chi connectivity index (χ0v) is 11.2. The predicted octanol–water partition coefficient (Wildman–Crippen LogP) is 2.87. The first-order valence-electron chi connectivity index (χ1n) is 6.35. The molecule has 1 aromatic carbocycles. The smallest absolute Gasteiger partial charge is 0.354 e.